The Bertz CT molecular complexity index is 1040. The van der Waals surface area contributed by atoms with Crippen molar-refractivity contribution >= 4 is 17.2 Å². The monoisotopic (exact) mass is 483 g/mol. The molecule has 1 aliphatic heterocycles. The van der Waals surface area contributed by atoms with Crippen molar-refractivity contribution in [1.82, 2.24) is 5.53 Å². The molecular formula is C29H42FN3O2. The van der Waals surface area contributed by atoms with Gasteiger partial charge in [-0.3, -0.25) is 9.80 Å². The van der Waals surface area contributed by atoms with Crippen LogP contribution in [-0.4, -0.2) is 23.0 Å². The minimum atomic E-state index is -0.500. The van der Waals surface area contributed by atoms with Gasteiger partial charge >= 0.3 is 0 Å². The van der Waals surface area contributed by atoms with Gasteiger partial charge < -0.3 is 10.5 Å². The molecule has 0 spiro atoms. The van der Waals surface area contributed by atoms with Crippen LogP contribution in [0.3, 0.4) is 0 Å². The van der Waals surface area contributed by atoms with Gasteiger partial charge in [0.15, 0.2) is 11.6 Å². The highest BCUT2D eigenvalue weighted by Crippen LogP contribution is 2.68. The highest BCUT2D eigenvalue weighted by atomic mass is 19.1. The molecule has 4 saturated carbocycles. The first-order chi connectivity index (χ1) is 16.5. The Balaban J connectivity index is 1.20. The second kappa shape index (κ2) is 7.92. The molecule has 192 valence electrons. The van der Waals surface area contributed by atoms with E-state index in [2.05, 4.69) is 24.8 Å². The Labute approximate surface area is 209 Å². The van der Waals surface area contributed by atoms with Crippen LogP contribution in [0.5, 0.6) is 0 Å². The molecule has 5 nitrogen and oxygen atoms in total. The van der Waals surface area contributed by atoms with Gasteiger partial charge in [-0.2, -0.15) is 0 Å². The number of carbonyl (C=O) groups is 1. The molecule has 6 rings (SSSR count). The van der Waals surface area contributed by atoms with Crippen molar-refractivity contribution < 1.29 is 14.3 Å². The summed E-state index contributed by atoms with van der Waals surface area (Å²) in [6.45, 7) is 8.88. The van der Waals surface area contributed by atoms with Crippen LogP contribution in [0, 0.1) is 53.2 Å². The fraction of sp³-hybridized carbons (Fsp3) is 0.759. The van der Waals surface area contributed by atoms with Gasteiger partial charge in [0.2, 0.25) is 0 Å². The third kappa shape index (κ3) is 3.49. The molecule has 35 heavy (non-hydrogen) atoms. The first kappa shape index (κ1) is 23.7. The molecule has 0 unspecified atom stereocenters. The van der Waals surface area contributed by atoms with Gasteiger partial charge in [0.05, 0.1) is 17.8 Å². The molecule has 4 aliphatic carbocycles. The molecule has 0 bridgehead atoms. The number of carbonyl (C=O) groups excluding carboxylic acids is 1. The molecule has 0 saturated heterocycles. The largest absolute Gasteiger partial charge is 0.390 e. The fourth-order valence-electron chi connectivity index (χ4n) is 9.56. The highest BCUT2D eigenvalue weighted by Gasteiger charge is 2.61. The number of fused-ring (bicyclic) bond motifs is 6. The maximum Gasteiger partial charge on any atom is 0.157 e. The van der Waals surface area contributed by atoms with Gasteiger partial charge in [0.1, 0.15) is 5.69 Å². The van der Waals surface area contributed by atoms with Crippen LogP contribution in [0.4, 0.5) is 15.8 Å². The quantitative estimate of drug-likeness (QED) is 0.510. The van der Waals surface area contributed by atoms with Gasteiger partial charge in [-0.15, -0.1) is 5.53 Å². The van der Waals surface area contributed by atoms with Crippen LogP contribution in [0.2, 0.25) is 0 Å². The lowest BCUT2D eigenvalue weighted by Crippen LogP contribution is -2.56. The zero-order valence-corrected chi connectivity index (χ0v) is 21.8. The molecule has 1 aromatic rings. The van der Waals surface area contributed by atoms with Crippen molar-refractivity contribution in [3.8, 4) is 0 Å². The van der Waals surface area contributed by atoms with E-state index >= 15 is 0 Å². The fourth-order valence-corrected chi connectivity index (χ4v) is 9.56. The molecule has 1 heterocycles. The summed E-state index contributed by atoms with van der Waals surface area (Å²) in [5.41, 5.74) is 7.65. The number of halogens is 1. The molecular weight excluding hydrogens is 441 g/mol. The summed E-state index contributed by atoms with van der Waals surface area (Å²) in [5, 5.41) is 12.4. The standard InChI is InChI=1S/C29H42FN3O2/c1-17-5-10-23-26(25(17)30)33(32-31-23)16-24(34)22-9-8-20-19-7-6-18-15-27(2,35)13-14-28(18,3)21(19)11-12-29(20,22)4/h5,10,18-22,31-32,35H,6-9,11-16H2,1-4H3/t18-,19-,20-,21-,22+,27+,28-,29-/m0/s1. The third-order valence-corrected chi connectivity index (χ3v) is 11.6. The average Bonchev–Trinajstić information content (AvgIpc) is 3.37. The first-order valence-electron chi connectivity index (χ1n) is 13.9. The van der Waals surface area contributed by atoms with Crippen LogP contribution < -0.4 is 16.0 Å². The zero-order valence-electron chi connectivity index (χ0n) is 21.8. The summed E-state index contributed by atoms with van der Waals surface area (Å²) in [6, 6.07) is 3.62. The van der Waals surface area contributed by atoms with Gasteiger partial charge in [-0.1, -0.05) is 19.9 Å². The topological polar surface area (TPSA) is 64.6 Å². The minimum absolute atomic E-state index is 0.0444. The Morgan fingerprint density at radius 2 is 1.83 bits per heavy atom. The number of Topliss-reactive ketones (excluding diaryl/α,β-unsaturated/α-hetero) is 1. The summed E-state index contributed by atoms with van der Waals surface area (Å²) < 4.78 is 14.9. The van der Waals surface area contributed by atoms with E-state index in [4.69, 9.17) is 0 Å². The number of hydrazine groups is 2. The molecule has 1 aromatic carbocycles. The van der Waals surface area contributed by atoms with E-state index in [1.165, 1.54) is 19.3 Å². The van der Waals surface area contributed by atoms with Crippen LogP contribution in [0.15, 0.2) is 12.1 Å². The predicted octanol–water partition coefficient (Wildman–Crippen LogP) is 5.76. The van der Waals surface area contributed by atoms with Gasteiger partial charge in [0, 0.05) is 5.92 Å². The minimum Gasteiger partial charge on any atom is -0.390 e. The smallest absolute Gasteiger partial charge is 0.157 e. The van der Waals surface area contributed by atoms with E-state index in [1.807, 2.05) is 13.0 Å². The number of benzene rings is 1. The Hall–Kier alpha value is -1.66. The van der Waals surface area contributed by atoms with E-state index in [0.29, 0.717) is 40.1 Å². The van der Waals surface area contributed by atoms with E-state index < -0.39 is 5.60 Å². The summed E-state index contributed by atoms with van der Waals surface area (Å²) in [6.07, 6.45) is 9.89. The summed E-state index contributed by atoms with van der Waals surface area (Å²) >= 11 is 0. The second-order valence-electron chi connectivity index (χ2n) is 13.4. The number of hydrogen-bond acceptors (Lipinski definition) is 5. The van der Waals surface area contributed by atoms with Crippen molar-refractivity contribution in [1.29, 1.82) is 0 Å². The first-order valence-corrected chi connectivity index (χ1v) is 13.9. The lowest BCUT2D eigenvalue weighted by Gasteiger charge is -2.61. The van der Waals surface area contributed by atoms with Gasteiger partial charge in [-0.05, 0) is 118 Å². The molecule has 0 radical (unpaired) electrons. The number of ketones is 1. The number of nitrogens with zero attached hydrogens (tertiary/aromatic N) is 1. The molecule has 4 fully saturated rings. The number of nitrogens with one attached hydrogen (secondary N) is 2. The highest BCUT2D eigenvalue weighted by molar-refractivity contribution is 5.89. The number of anilines is 2. The summed E-state index contributed by atoms with van der Waals surface area (Å²) in [4.78, 5) is 13.7. The van der Waals surface area contributed by atoms with Gasteiger partial charge in [-0.25, -0.2) is 4.39 Å². The SMILES string of the molecule is Cc1ccc2c(c1F)N(CC(=O)[C@H]1CC[C@H]3[C@@H]4CC[C@H]5C[C@](C)(O)CC[C@]5(C)[C@H]4CC[C@]13C)NN2. The van der Waals surface area contributed by atoms with Crippen LogP contribution in [-0.2, 0) is 4.79 Å². The third-order valence-electron chi connectivity index (χ3n) is 11.6. The van der Waals surface area contributed by atoms with E-state index in [9.17, 15) is 14.3 Å². The van der Waals surface area contributed by atoms with Crippen molar-refractivity contribution in [2.45, 2.75) is 91.1 Å². The number of aliphatic hydroxyl groups is 1. The Morgan fingerprint density at radius 1 is 1.06 bits per heavy atom. The van der Waals surface area contributed by atoms with Crippen molar-refractivity contribution in [2.24, 2.45) is 40.4 Å². The molecule has 0 amide bonds. The van der Waals surface area contributed by atoms with E-state index in [1.54, 1.807) is 18.0 Å². The predicted molar refractivity (Wildman–Crippen MR) is 136 cm³/mol. The number of hydrogen-bond donors (Lipinski definition) is 3. The molecule has 6 heteroatoms. The average molecular weight is 484 g/mol. The molecule has 0 aromatic heterocycles. The normalized spacial score (nSPS) is 44.2. The van der Waals surface area contributed by atoms with Crippen molar-refractivity contribution in [3.05, 3.63) is 23.5 Å². The Morgan fingerprint density at radius 3 is 2.63 bits per heavy atom. The summed E-state index contributed by atoms with van der Waals surface area (Å²) in [5.74, 6) is 2.67. The number of rotatable bonds is 3. The maximum absolute atomic E-state index is 14.9. The van der Waals surface area contributed by atoms with Gasteiger partial charge in [0.25, 0.3) is 0 Å². The second-order valence-corrected chi connectivity index (χ2v) is 13.4. The Kier molecular flexibility index (Phi) is 5.37. The van der Waals surface area contributed by atoms with Crippen LogP contribution >= 0.6 is 0 Å². The van der Waals surface area contributed by atoms with Crippen molar-refractivity contribution in [3.63, 3.8) is 0 Å². The van der Waals surface area contributed by atoms with Crippen LogP contribution in [0.25, 0.3) is 0 Å². The van der Waals surface area contributed by atoms with Crippen molar-refractivity contribution in [2.75, 3.05) is 17.0 Å². The lowest BCUT2D eigenvalue weighted by molar-refractivity contribution is -0.150. The lowest BCUT2D eigenvalue weighted by atomic mass is 9.44. The molecule has 8 atom stereocenters. The van der Waals surface area contributed by atoms with E-state index in [0.717, 1.165) is 44.4 Å². The zero-order chi connectivity index (χ0) is 24.8. The van der Waals surface area contributed by atoms with Crippen LogP contribution in [0.1, 0.15) is 84.1 Å². The summed E-state index contributed by atoms with van der Waals surface area (Å²) in [7, 11) is 0. The molecule has 5 aliphatic rings. The van der Waals surface area contributed by atoms with E-state index in [-0.39, 0.29) is 29.5 Å². The maximum atomic E-state index is 14.9. The molecule has 3 N–H and O–H groups in total. The number of aryl methyl sites for hydroxylation is 1.